The van der Waals surface area contributed by atoms with Crippen LogP contribution < -0.4 is 5.32 Å². The minimum absolute atomic E-state index is 0.0245. The highest BCUT2D eigenvalue weighted by Crippen LogP contribution is 2.26. The van der Waals surface area contributed by atoms with Crippen molar-refractivity contribution in [2.75, 3.05) is 0 Å². The summed E-state index contributed by atoms with van der Waals surface area (Å²) in [5.74, 6) is -0.479. The molecule has 2 atom stereocenters. The highest BCUT2D eigenvalue weighted by atomic mass is 16.5. The molecular weight excluding hydrogens is 374 g/mol. The third-order valence-electron chi connectivity index (χ3n) is 5.21. The minimum atomic E-state index is -0.545. The fourth-order valence-corrected chi connectivity index (χ4v) is 3.37. The molecule has 0 fully saturated rings. The Morgan fingerprint density at radius 2 is 1.43 bits per heavy atom. The number of amides is 1. The van der Waals surface area contributed by atoms with Crippen LogP contribution >= 0.6 is 0 Å². The summed E-state index contributed by atoms with van der Waals surface area (Å²) < 4.78 is 5.40. The molecule has 0 aliphatic carbocycles. The van der Waals surface area contributed by atoms with Gasteiger partial charge in [0.15, 0.2) is 5.78 Å². The predicted octanol–water partition coefficient (Wildman–Crippen LogP) is 5.74. The van der Waals surface area contributed by atoms with E-state index in [0.29, 0.717) is 5.56 Å². The molecule has 1 N–H and O–H groups in total. The first-order valence-corrected chi connectivity index (χ1v) is 10.2. The number of nitrogens with one attached hydrogen (secondary N) is 1. The molecule has 0 bridgehead atoms. The maximum absolute atomic E-state index is 13.1. The zero-order valence-corrected chi connectivity index (χ0v) is 17.4. The summed E-state index contributed by atoms with van der Waals surface area (Å²) in [6, 6.07) is 26.1. The summed E-state index contributed by atoms with van der Waals surface area (Å²) in [6.07, 6.45) is 0.381. The summed E-state index contributed by atoms with van der Waals surface area (Å²) >= 11 is 0. The van der Waals surface area contributed by atoms with Gasteiger partial charge in [0.1, 0.15) is 6.61 Å². The molecule has 0 aliphatic rings. The third kappa shape index (κ3) is 5.57. The number of aryl methyl sites for hydroxylation is 1. The average molecular weight is 402 g/mol. The van der Waals surface area contributed by atoms with Crippen LogP contribution in [0, 0.1) is 5.92 Å². The second-order valence-electron chi connectivity index (χ2n) is 7.30. The number of carbonyl (C=O) groups excluding carboxylic acids is 2. The quantitative estimate of drug-likeness (QED) is 0.490. The van der Waals surface area contributed by atoms with Crippen LogP contribution in [-0.4, -0.2) is 11.9 Å². The van der Waals surface area contributed by atoms with Crippen molar-refractivity contribution in [1.29, 1.82) is 0 Å². The predicted molar refractivity (Wildman–Crippen MR) is 118 cm³/mol. The first kappa shape index (κ1) is 21.3. The molecule has 4 heteroatoms. The van der Waals surface area contributed by atoms with Crippen molar-refractivity contribution in [2.45, 2.75) is 32.9 Å². The number of hydrogen-bond acceptors (Lipinski definition) is 3. The van der Waals surface area contributed by atoms with Crippen LogP contribution in [0.2, 0.25) is 0 Å². The number of alkyl carbamates (subject to hydrolysis) is 1. The molecule has 0 unspecified atom stereocenters. The van der Waals surface area contributed by atoms with E-state index in [0.717, 1.165) is 17.5 Å². The van der Waals surface area contributed by atoms with Gasteiger partial charge in [0, 0.05) is 11.5 Å². The van der Waals surface area contributed by atoms with Gasteiger partial charge in [0.2, 0.25) is 0 Å². The summed E-state index contributed by atoms with van der Waals surface area (Å²) in [4.78, 5) is 25.6. The van der Waals surface area contributed by atoms with Crippen molar-refractivity contribution >= 4 is 11.9 Å². The largest absolute Gasteiger partial charge is 0.445 e. The van der Waals surface area contributed by atoms with E-state index in [2.05, 4.69) is 12.2 Å². The molecule has 0 aliphatic heterocycles. The number of Topliss-reactive ketones (excluding diaryl/α,β-unsaturated/α-hetero) is 1. The van der Waals surface area contributed by atoms with Crippen molar-refractivity contribution in [2.24, 2.45) is 5.92 Å². The maximum Gasteiger partial charge on any atom is 0.407 e. The molecule has 0 aromatic heterocycles. The van der Waals surface area contributed by atoms with Gasteiger partial charge in [-0.3, -0.25) is 4.79 Å². The van der Waals surface area contributed by atoms with Gasteiger partial charge < -0.3 is 10.1 Å². The molecule has 4 nitrogen and oxygen atoms in total. The Balaban J connectivity index is 1.77. The molecule has 1 amide bonds. The van der Waals surface area contributed by atoms with Crippen LogP contribution in [0.4, 0.5) is 4.79 Å². The summed E-state index contributed by atoms with van der Waals surface area (Å²) in [6.45, 7) is 4.10. The summed E-state index contributed by atoms with van der Waals surface area (Å²) in [5.41, 5.74) is 3.61. The molecule has 0 heterocycles. The van der Waals surface area contributed by atoms with Crippen molar-refractivity contribution in [3.8, 4) is 0 Å². The minimum Gasteiger partial charge on any atom is -0.445 e. The lowest BCUT2D eigenvalue weighted by Gasteiger charge is -2.25. The second-order valence-corrected chi connectivity index (χ2v) is 7.30. The van der Waals surface area contributed by atoms with E-state index in [1.54, 1.807) is 12.1 Å². The Morgan fingerprint density at radius 1 is 0.833 bits per heavy atom. The lowest BCUT2D eigenvalue weighted by Crippen LogP contribution is -2.36. The topological polar surface area (TPSA) is 55.4 Å². The second kappa shape index (κ2) is 10.4. The van der Waals surface area contributed by atoms with E-state index in [1.807, 2.05) is 79.7 Å². The zero-order chi connectivity index (χ0) is 21.3. The fraction of sp³-hybridized carbons (Fsp3) is 0.231. The Hall–Kier alpha value is -3.40. The Kier molecular flexibility index (Phi) is 7.39. The van der Waals surface area contributed by atoms with E-state index in [-0.39, 0.29) is 12.4 Å². The lowest BCUT2D eigenvalue weighted by atomic mass is 9.87. The molecule has 154 valence electrons. The molecular formula is C26H27NO3. The lowest BCUT2D eigenvalue weighted by molar-refractivity contribution is 0.0891. The first-order chi connectivity index (χ1) is 14.6. The monoisotopic (exact) mass is 401 g/mol. The van der Waals surface area contributed by atoms with Gasteiger partial charge in [0.25, 0.3) is 0 Å². The highest BCUT2D eigenvalue weighted by Gasteiger charge is 2.28. The van der Waals surface area contributed by atoms with Crippen molar-refractivity contribution in [3.63, 3.8) is 0 Å². The van der Waals surface area contributed by atoms with Crippen molar-refractivity contribution < 1.29 is 14.3 Å². The van der Waals surface area contributed by atoms with Crippen molar-refractivity contribution in [3.05, 3.63) is 107 Å². The number of carbonyl (C=O) groups is 2. The van der Waals surface area contributed by atoms with E-state index < -0.39 is 18.1 Å². The average Bonchev–Trinajstić information content (AvgIpc) is 2.81. The van der Waals surface area contributed by atoms with E-state index in [4.69, 9.17) is 4.74 Å². The van der Waals surface area contributed by atoms with Gasteiger partial charge in [-0.15, -0.1) is 0 Å². The van der Waals surface area contributed by atoms with E-state index in [1.165, 1.54) is 5.56 Å². The summed E-state index contributed by atoms with van der Waals surface area (Å²) in [5, 5.41) is 2.91. The molecule has 3 rings (SSSR count). The Bertz CT molecular complexity index is 953. The molecule has 0 radical (unpaired) electrons. The third-order valence-corrected chi connectivity index (χ3v) is 5.21. The number of rotatable bonds is 8. The van der Waals surface area contributed by atoms with Gasteiger partial charge in [0.05, 0.1) is 6.04 Å². The van der Waals surface area contributed by atoms with Crippen LogP contribution in [0.5, 0.6) is 0 Å². The molecule has 0 saturated carbocycles. The zero-order valence-electron chi connectivity index (χ0n) is 17.4. The highest BCUT2D eigenvalue weighted by molar-refractivity contribution is 5.98. The van der Waals surface area contributed by atoms with Gasteiger partial charge in [-0.05, 0) is 23.1 Å². The SMILES string of the molecule is CCc1ccc([C@H](NC(=O)OCc2ccccc2)[C@H](C)C(=O)c2ccccc2)cc1. The smallest absolute Gasteiger partial charge is 0.407 e. The standard InChI is InChI=1S/C26H27NO3/c1-3-20-14-16-22(17-15-20)24(19(2)25(28)23-12-8-5-9-13-23)27-26(29)30-18-21-10-6-4-7-11-21/h4-17,19,24H,3,18H2,1-2H3,(H,27,29)/t19-,24+/m0/s1. The Labute approximate surface area is 177 Å². The van der Waals surface area contributed by atoms with Crippen molar-refractivity contribution in [1.82, 2.24) is 5.32 Å². The van der Waals surface area contributed by atoms with Gasteiger partial charge >= 0.3 is 6.09 Å². The molecule has 3 aromatic rings. The first-order valence-electron chi connectivity index (χ1n) is 10.2. The van der Waals surface area contributed by atoms with Crippen LogP contribution in [0.15, 0.2) is 84.9 Å². The molecule has 0 saturated heterocycles. The van der Waals surface area contributed by atoms with E-state index >= 15 is 0 Å². The van der Waals surface area contributed by atoms with Crippen LogP contribution in [0.3, 0.4) is 0 Å². The number of ketones is 1. The van der Waals surface area contributed by atoms with Crippen LogP contribution in [0.1, 0.15) is 46.9 Å². The number of hydrogen-bond donors (Lipinski definition) is 1. The Morgan fingerprint density at radius 3 is 2.03 bits per heavy atom. The molecule has 0 spiro atoms. The fourth-order valence-electron chi connectivity index (χ4n) is 3.37. The number of ether oxygens (including phenoxy) is 1. The van der Waals surface area contributed by atoms with Gasteiger partial charge in [-0.2, -0.15) is 0 Å². The molecule has 3 aromatic carbocycles. The van der Waals surface area contributed by atoms with Gasteiger partial charge in [-0.1, -0.05) is 98.8 Å². The van der Waals surface area contributed by atoms with Gasteiger partial charge in [-0.25, -0.2) is 4.79 Å². The van der Waals surface area contributed by atoms with Crippen LogP contribution in [-0.2, 0) is 17.8 Å². The summed E-state index contributed by atoms with van der Waals surface area (Å²) in [7, 11) is 0. The maximum atomic E-state index is 13.1. The van der Waals surface area contributed by atoms with Crippen LogP contribution in [0.25, 0.3) is 0 Å². The van der Waals surface area contributed by atoms with E-state index in [9.17, 15) is 9.59 Å². The number of benzene rings is 3. The molecule has 30 heavy (non-hydrogen) atoms. The normalized spacial score (nSPS) is 12.6.